The highest BCUT2D eigenvalue weighted by Crippen LogP contribution is 2.21. The molecule has 0 aromatic heterocycles. The van der Waals surface area contributed by atoms with Gasteiger partial charge in [-0.15, -0.1) is 0 Å². The van der Waals surface area contributed by atoms with Crippen molar-refractivity contribution < 1.29 is 14.3 Å². The molecular weight excluding hydrogens is 374 g/mol. The number of hydrogen-bond acceptors (Lipinski definition) is 3. The van der Waals surface area contributed by atoms with Crippen molar-refractivity contribution in [2.24, 2.45) is 17.8 Å². The Balaban J connectivity index is 2.13. The van der Waals surface area contributed by atoms with Gasteiger partial charge in [0.2, 0.25) is 5.91 Å². The number of nitrogens with one attached hydrogen (secondary N) is 1. The number of rotatable bonds is 17. The SMILES string of the molecule is CC(C)CCCC(C)CCCC(C)CCOc1ccc(CNC(=O)CCC=O)cc1. The van der Waals surface area contributed by atoms with Crippen LogP contribution in [0.1, 0.15) is 91.0 Å². The lowest BCUT2D eigenvalue weighted by molar-refractivity contribution is -0.122. The first-order valence-corrected chi connectivity index (χ1v) is 11.8. The van der Waals surface area contributed by atoms with Gasteiger partial charge in [-0.1, -0.05) is 78.4 Å². The molecule has 0 saturated heterocycles. The predicted molar refractivity (Wildman–Crippen MR) is 125 cm³/mol. The van der Waals surface area contributed by atoms with Gasteiger partial charge < -0.3 is 14.8 Å². The van der Waals surface area contributed by atoms with E-state index in [-0.39, 0.29) is 18.7 Å². The Kier molecular flexibility index (Phi) is 13.9. The lowest BCUT2D eigenvalue weighted by Gasteiger charge is -2.15. The molecule has 2 unspecified atom stereocenters. The van der Waals surface area contributed by atoms with Crippen LogP contribution in [0.5, 0.6) is 5.75 Å². The van der Waals surface area contributed by atoms with Crippen LogP contribution in [0.2, 0.25) is 0 Å². The highest BCUT2D eigenvalue weighted by atomic mass is 16.5. The summed E-state index contributed by atoms with van der Waals surface area (Å²) in [5.74, 6) is 3.14. The zero-order valence-electron chi connectivity index (χ0n) is 19.6. The number of amides is 1. The second-order valence-corrected chi connectivity index (χ2v) is 9.23. The number of carbonyl (C=O) groups is 2. The maximum Gasteiger partial charge on any atom is 0.220 e. The number of hydrogen-bond donors (Lipinski definition) is 1. The molecule has 0 aliphatic carbocycles. The van der Waals surface area contributed by atoms with Crippen LogP contribution >= 0.6 is 0 Å². The third-order valence-corrected chi connectivity index (χ3v) is 5.65. The van der Waals surface area contributed by atoms with E-state index >= 15 is 0 Å². The fraction of sp³-hybridized carbons (Fsp3) is 0.692. The molecule has 0 radical (unpaired) electrons. The van der Waals surface area contributed by atoms with Crippen LogP contribution in [0, 0.1) is 17.8 Å². The summed E-state index contributed by atoms with van der Waals surface area (Å²) in [5.41, 5.74) is 1.03. The van der Waals surface area contributed by atoms with Crippen LogP contribution in [0.4, 0.5) is 0 Å². The van der Waals surface area contributed by atoms with Gasteiger partial charge in [0.05, 0.1) is 6.61 Å². The molecule has 4 nitrogen and oxygen atoms in total. The van der Waals surface area contributed by atoms with Crippen molar-refractivity contribution in [2.45, 2.75) is 92.0 Å². The van der Waals surface area contributed by atoms with Crippen molar-refractivity contribution in [3.63, 3.8) is 0 Å². The quantitative estimate of drug-likeness (QED) is 0.302. The monoisotopic (exact) mass is 417 g/mol. The van der Waals surface area contributed by atoms with Crippen molar-refractivity contribution in [3.05, 3.63) is 29.8 Å². The van der Waals surface area contributed by atoms with Gasteiger partial charge in [0.15, 0.2) is 0 Å². The van der Waals surface area contributed by atoms with E-state index in [1.54, 1.807) is 0 Å². The van der Waals surface area contributed by atoms with E-state index in [9.17, 15) is 9.59 Å². The topological polar surface area (TPSA) is 55.4 Å². The van der Waals surface area contributed by atoms with E-state index in [2.05, 4.69) is 33.0 Å². The minimum absolute atomic E-state index is 0.0960. The Bertz CT molecular complexity index is 582. The number of aldehydes is 1. The molecule has 0 fully saturated rings. The molecule has 0 bridgehead atoms. The van der Waals surface area contributed by atoms with Gasteiger partial charge in [-0.05, 0) is 41.9 Å². The molecule has 0 aliphatic rings. The van der Waals surface area contributed by atoms with Gasteiger partial charge >= 0.3 is 0 Å². The molecule has 170 valence electrons. The molecule has 1 aromatic rings. The molecule has 0 spiro atoms. The minimum atomic E-state index is -0.0960. The average Bonchev–Trinajstić information content (AvgIpc) is 2.71. The minimum Gasteiger partial charge on any atom is -0.494 e. The number of carbonyl (C=O) groups excluding carboxylic acids is 2. The molecule has 1 rings (SSSR count). The fourth-order valence-electron chi connectivity index (χ4n) is 3.54. The van der Waals surface area contributed by atoms with E-state index < -0.39 is 0 Å². The lowest BCUT2D eigenvalue weighted by atomic mass is 9.93. The summed E-state index contributed by atoms with van der Waals surface area (Å²) in [7, 11) is 0. The van der Waals surface area contributed by atoms with Crippen molar-refractivity contribution in [3.8, 4) is 5.75 Å². The third-order valence-electron chi connectivity index (χ3n) is 5.65. The van der Waals surface area contributed by atoms with Gasteiger partial charge in [0, 0.05) is 19.4 Å². The van der Waals surface area contributed by atoms with Gasteiger partial charge in [0.25, 0.3) is 0 Å². The maximum absolute atomic E-state index is 11.5. The first kappa shape index (κ1) is 26.2. The molecule has 1 N–H and O–H groups in total. The van der Waals surface area contributed by atoms with E-state index in [1.807, 2.05) is 24.3 Å². The average molecular weight is 418 g/mol. The first-order chi connectivity index (χ1) is 14.4. The summed E-state index contributed by atoms with van der Waals surface area (Å²) in [6.07, 6.45) is 10.4. The second kappa shape index (κ2) is 15.9. The number of ether oxygens (including phenoxy) is 1. The summed E-state index contributed by atoms with van der Waals surface area (Å²) >= 11 is 0. The maximum atomic E-state index is 11.5. The van der Waals surface area contributed by atoms with E-state index in [0.29, 0.717) is 12.5 Å². The second-order valence-electron chi connectivity index (χ2n) is 9.23. The summed E-state index contributed by atoms with van der Waals surface area (Å²) < 4.78 is 5.89. The highest BCUT2D eigenvalue weighted by Gasteiger charge is 2.07. The largest absolute Gasteiger partial charge is 0.494 e. The molecule has 0 heterocycles. The fourth-order valence-corrected chi connectivity index (χ4v) is 3.54. The van der Waals surface area contributed by atoms with Crippen molar-refractivity contribution in [1.29, 1.82) is 0 Å². The van der Waals surface area contributed by atoms with Crippen molar-refractivity contribution in [1.82, 2.24) is 5.32 Å². The molecule has 0 saturated carbocycles. The summed E-state index contributed by atoms with van der Waals surface area (Å²) in [5, 5.41) is 2.82. The third kappa shape index (κ3) is 13.4. The highest BCUT2D eigenvalue weighted by molar-refractivity contribution is 5.78. The molecule has 1 amide bonds. The zero-order chi connectivity index (χ0) is 22.2. The Morgan fingerprint density at radius 1 is 0.933 bits per heavy atom. The summed E-state index contributed by atoms with van der Waals surface area (Å²) in [6.45, 7) is 10.6. The van der Waals surface area contributed by atoms with Crippen molar-refractivity contribution in [2.75, 3.05) is 6.61 Å². The van der Waals surface area contributed by atoms with E-state index in [1.165, 1.54) is 38.5 Å². The van der Waals surface area contributed by atoms with Crippen LogP contribution in [0.15, 0.2) is 24.3 Å². The first-order valence-electron chi connectivity index (χ1n) is 11.8. The van der Waals surface area contributed by atoms with Crippen LogP contribution in [-0.2, 0) is 16.1 Å². The lowest BCUT2D eigenvalue weighted by Crippen LogP contribution is -2.22. The Hall–Kier alpha value is -1.84. The molecule has 30 heavy (non-hydrogen) atoms. The number of benzene rings is 1. The van der Waals surface area contributed by atoms with Gasteiger partial charge in [-0.2, -0.15) is 0 Å². The zero-order valence-corrected chi connectivity index (χ0v) is 19.6. The summed E-state index contributed by atoms with van der Waals surface area (Å²) in [4.78, 5) is 21.8. The van der Waals surface area contributed by atoms with Crippen molar-refractivity contribution >= 4 is 12.2 Å². The molecule has 2 atom stereocenters. The molecular formula is C26H43NO3. The molecule has 0 aliphatic heterocycles. The van der Waals surface area contributed by atoms with Gasteiger partial charge in [-0.3, -0.25) is 4.79 Å². The Morgan fingerprint density at radius 2 is 1.53 bits per heavy atom. The molecule has 1 aromatic carbocycles. The predicted octanol–water partition coefficient (Wildman–Crippen LogP) is 6.32. The van der Waals surface area contributed by atoms with Crippen LogP contribution in [0.3, 0.4) is 0 Å². The van der Waals surface area contributed by atoms with E-state index in [4.69, 9.17) is 4.74 Å². The molecule has 4 heteroatoms. The van der Waals surface area contributed by atoms with Crippen LogP contribution < -0.4 is 10.1 Å². The normalized spacial score (nSPS) is 13.1. The Labute approximate surface area is 184 Å². The standard InChI is InChI=1S/C26H43NO3/c1-21(2)8-5-9-22(3)10-6-11-23(4)17-19-30-25-15-13-24(14-16-25)20-27-26(29)12-7-18-28/h13-16,18,21-23H,5-12,17,19-20H2,1-4H3,(H,27,29). The van der Waals surface area contributed by atoms with Crippen LogP contribution in [-0.4, -0.2) is 18.8 Å². The Morgan fingerprint density at radius 3 is 2.13 bits per heavy atom. The van der Waals surface area contributed by atoms with Crippen LogP contribution in [0.25, 0.3) is 0 Å². The smallest absolute Gasteiger partial charge is 0.220 e. The van der Waals surface area contributed by atoms with Gasteiger partial charge in [-0.25, -0.2) is 0 Å². The van der Waals surface area contributed by atoms with E-state index in [0.717, 1.165) is 42.5 Å². The van der Waals surface area contributed by atoms with Gasteiger partial charge in [0.1, 0.15) is 12.0 Å². The summed E-state index contributed by atoms with van der Waals surface area (Å²) in [6, 6.07) is 7.85.